The largest absolute Gasteiger partial charge is 0.494 e. The van der Waals surface area contributed by atoms with Gasteiger partial charge in [0.1, 0.15) is 15.5 Å². The molecule has 0 spiro atoms. The van der Waals surface area contributed by atoms with E-state index in [-0.39, 0.29) is 5.97 Å². The summed E-state index contributed by atoms with van der Waals surface area (Å²) in [7, 11) is 0. The molecule has 0 saturated heterocycles. The number of fused-ring (bicyclic) bond motifs is 2. The average molecular weight is 397 g/mol. The molecule has 2 N–H and O–H groups in total. The van der Waals surface area contributed by atoms with Crippen LogP contribution in [0.25, 0.3) is 21.3 Å². The quantitative estimate of drug-likeness (QED) is 0.614. The second-order valence-corrected chi connectivity index (χ2v) is 7.82. The lowest BCUT2D eigenvalue weighted by Crippen LogP contribution is -2.08. The molecule has 5 nitrogen and oxygen atoms in total. The minimum absolute atomic E-state index is 0.322. The van der Waals surface area contributed by atoms with Crippen molar-refractivity contribution < 1.29 is 14.3 Å². The van der Waals surface area contributed by atoms with Crippen LogP contribution in [0.3, 0.4) is 0 Å². The predicted octanol–water partition coefficient (Wildman–Crippen LogP) is 5.00. The molecule has 6 heteroatoms. The van der Waals surface area contributed by atoms with Gasteiger partial charge in [-0.3, -0.25) is 0 Å². The maximum atomic E-state index is 12.4. The Bertz CT molecular complexity index is 1020. The van der Waals surface area contributed by atoms with Gasteiger partial charge in [-0.1, -0.05) is 12.1 Å². The second kappa shape index (κ2) is 7.80. The summed E-state index contributed by atoms with van der Waals surface area (Å²) in [5.74, 6) is 0.467. The van der Waals surface area contributed by atoms with Crippen molar-refractivity contribution in [3.63, 3.8) is 0 Å². The van der Waals surface area contributed by atoms with Crippen LogP contribution in [0, 0.1) is 0 Å². The van der Waals surface area contributed by atoms with Crippen LogP contribution in [0.15, 0.2) is 24.3 Å². The van der Waals surface area contributed by atoms with Gasteiger partial charge in [0.05, 0.1) is 18.9 Å². The van der Waals surface area contributed by atoms with Crippen molar-refractivity contribution in [3.05, 3.63) is 40.4 Å². The van der Waals surface area contributed by atoms with Gasteiger partial charge in [0.25, 0.3) is 0 Å². The zero-order chi connectivity index (χ0) is 19.7. The highest BCUT2D eigenvalue weighted by Gasteiger charge is 2.26. The highest BCUT2D eigenvalue weighted by atomic mass is 32.1. The van der Waals surface area contributed by atoms with Crippen LogP contribution < -0.4 is 10.5 Å². The first-order chi connectivity index (χ1) is 13.6. The van der Waals surface area contributed by atoms with Crippen LogP contribution in [-0.4, -0.2) is 24.2 Å². The van der Waals surface area contributed by atoms with E-state index in [9.17, 15) is 4.79 Å². The molecule has 0 aliphatic heterocycles. The number of carbonyl (C=O) groups is 1. The molecule has 2 aromatic heterocycles. The van der Waals surface area contributed by atoms with Crippen molar-refractivity contribution in [2.24, 2.45) is 0 Å². The summed E-state index contributed by atoms with van der Waals surface area (Å²) < 4.78 is 10.8. The number of hydrogen-bond acceptors (Lipinski definition) is 6. The fourth-order valence-electron chi connectivity index (χ4n) is 3.86. The Labute approximate surface area is 168 Å². The number of nitrogens with two attached hydrogens (primary N) is 1. The summed E-state index contributed by atoms with van der Waals surface area (Å²) in [5, 5.41) is 0.873. The van der Waals surface area contributed by atoms with Crippen LogP contribution >= 0.6 is 11.3 Å². The molecule has 3 aromatic rings. The lowest BCUT2D eigenvalue weighted by atomic mass is 9.87. The summed E-state index contributed by atoms with van der Waals surface area (Å²) in [5.41, 5.74) is 11.5. The molecule has 28 heavy (non-hydrogen) atoms. The van der Waals surface area contributed by atoms with Gasteiger partial charge in [0, 0.05) is 11.1 Å². The molecule has 0 amide bonds. The van der Waals surface area contributed by atoms with E-state index in [0.29, 0.717) is 23.8 Å². The Morgan fingerprint density at radius 1 is 1.14 bits per heavy atom. The smallest absolute Gasteiger partial charge is 0.350 e. The lowest BCUT2D eigenvalue weighted by molar-refractivity contribution is 0.0533. The molecule has 0 bridgehead atoms. The van der Waals surface area contributed by atoms with Crippen molar-refractivity contribution in [3.8, 4) is 16.9 Å². The molecule has 0 saturated carbocycles. The van der Waals surface area contributed by atoms with Gasteiger partial charge >= 0.3 is 5.97 Å². The molecule has 1 aliphatic rings. The summed E-state index contributed by atoms with van der Waals surface area (Å²) in [4.78, 5) is 18.5. The topological polar surface area (TPSA) is 74.4 Å². The van der Waals surface area contributed by atoms with Gasteiger partial charge in [0.15, 0.2) is 0 Å². The van der Waals surface area contributed by atoms with Crippen molar-refractivity contribution in [2.45, 2.75) is 39.5 Å². The Balaban J connectivity index is 1.95. The maximum Gasteiger partial charge on any atom is 0.350 e. The van der Waals surface area contributed by atoms with Crippen molar-refractivity contribution in [1.29, 1.82) is 0 Å². The zero-order valence-electron chi connectivity index (χ0n) is 16.2. The van der Waals surface area contributed by atoms with E-state index in [1.165, 1.54) is 16.9 Å². The molecule has 0 unspecified atom stereocenters. The first-order valence-corrected chi connectivity index (χ1v) is 10.6. The van der Waals surface area contributed by atoms with Crippen molar-refractivity contribution >= 4 is 33.2 Å². The molecule has 0 radical (unpaired) electrons. The molecular weight excluding hydrogens is 372 g/mol. The van der Waals surface area contributed by atoms with E-state index >= 15 is 0 Å². The van der Waals surface area contributed by atoms with Gasteiger partial charge in [-0.25, -0.2) is 9.78 Å². The number of carbonyl (C=O) groups excluding carboxylic acids is 1. The number of nitrogen functional groups attached to an aromatic ring is 1. The third-order valence-electron chi connectivity index (χ3n) is 5.07. The number of anilines is 1. The number of nitrogens with zero attached hydrogens (tertiary/aromatic N) is 1. The number of rotatable bonds is 5. The normalized spacial score (nSPS) is 13.4. The van der Waals surface area contributed by atoms with Crippen LogP contribution in [0.5, 0.6) is 5.75 Å². The summed E-state index contributed by atoms with van der Waals surface area (Å²) in [6.07, 6.45) is 4.21. The minimum Gasteiger partial charge on any atom is -0.494 e. The van der Waals surface area contributed by atoms with E-state index < -0.39 is 0 Å². The van der Waals surface area contributed by atoms with Gasteiger partial charge in [-0.2, -0.15) is 0 Å². The van der Waals surface area contributed by atoms with Gasteiger partial charge < -0.3 is 15.2 Å². The van der Waals surface area contributed by atoms with E-state index in [1.54, 1.807) is 6.92 Å². The van der Waals surface area contributed by atoms with Gasteiger partial charge in [-0.05, 0) is 68.4 Å². The predicted molar refractivity (Wildman–Crippen MR) is 113 cm³/mol. The molecule has 1 aliphatic carbocycles. The first kappa shape index (κ1) is 18.7. The third-order valence-corrected chi connectivity index (χ3v) is 6.15. The third kappa shape index (κ3) is 3.22. The molecule has 2 heterocycles. The Hall–Kier alpha value is -2.60. The van der Waals surface area contributed by atoms with Crippen LogP contribution in [0.2, 0.25) is 0 Å². The highest BCUT2D eigenvalue weighted by Crippen LogP contribution is 2.44. The molecule has 146 valence electrons. The number of benzene rings is 1. The molecule has 1 aromatic carbocycles. The number of thiophene rings is 1. The second-order valence-electron chi connectivity index (χ2n) is 6.82. The fraction of sp³-hybridized carbons (Fsp3) is 0.364. The number of aryl methyl sites for hydroxylation is 1. The van der Waals surface area contributed by atoms with Gasteiger partial charge in [0.2, 0.25) is 0 Å². The van der Waals surface area contributed by atoms with E-state index in [0.717, 1.165) is 58.5 Å². The molecule has 0 atom stereocenters. The highest BCUT2D eigenvalue weighted by molar-refractivity contribution is 7.21. The Kier molecular flexibility index (Phi) is 5.22. The van der Waals surface area contributed by atoms with Crippen LogP contribution in [0.1, 0.15) is 47.6 Å². The number of hydrogen-bond donors (Lipinski definition) is 1. The Morgan fingerprint density at radius 2 is 1.89 bits per heavy atom. The Morgan fingerprint density at radius 3 is 2.61 bits per heavy atom. The molecule has 0 fully saturated rings. The summed E-state index contributed by atoms with van der Waals surface area (Å²) in [6, 6.07) is 8.09. The lowest BCUT2D eigenvalue weighted by Gasteiger charge is -2.20. The monoisotopic (exact) mass is 396 g/mol. The SMILES string of the molecule is CCOC(=O)c1sc2nc3c(c(-c4ccc(OCC)cc4)c2c1N)CCCC3. The number of aromatic nitrogens is 1. The van der Waals surface area contributed by atoms with E-state index in [2.05, 4.69) is 12.1 Å². The number of pyridine rings is 1. The standard InChI is InChI=1S/C22H24N2O3S/c1-3-26-14-11-9-13(10-12-14)17-15-7-5-6-8-16(15)24-21-18(17)19(23)20(28-21)22(25)27-4-2/h9-12H,3-8,23H2,1-2H3. The summed E-state index contributed by atoms with van der Waals surface area (Å²) in [6.45, 7) is 4.72. The zero-order valence-corrected chi connectivity index (χ0v) is 17.0. The number of esters is 1. The fourth-order valence-corrected chi connectivity index (χ4v) is 4.88. The van der Waals surface area contributed by atoms with Crippen LogP contribution in [0.4, 0.5) is 5.69 Å². The van der Waals surface area contributed by atoms with Gasteiger partial charge in [-0.15, -0.1) is 11.3 Å². The van der Waals surface area contributed by atoms with Crippen LogP contribution in [-0.2, 0) is 17.6 Å². The minimum atomic E-state index is -0.376. The average Bonchev–Trinajstić information content (AvgIpc) is 3.04. The number of ether oxygens (including phenoxy) is 2. The van der Waals surface area contributed by atoms with E-state index in [1.807, 2.05) is 19.1 Å². The van der Waals surface area contributed by atoms with Crippen molar-refractivity contribution in [2.75, 3.05) is 18.9 Å². The molecular formula is C22H24N2O3S. The first-order valence-electron chi connectivity index (χ1n) is 9.78. The summed E-state index contributed by atoms with van der Waals surface area (Å²) >= 11 is 1.33. The maximum absolute atomic E-state index is 12.4. The molecule has 4 rings (SSSR count). The van der Waals surface area contributed by atoms with E-state index in [4.69, 9.17) is 20.2 Å². The van der Waals surface area contributed by atoms with Crippen molar-refractivity contribution in [1.82, 2.24) is 4.98 Å².